The number of rotatable bonds is 4. The third-order valence-electron chi connectivity index (χ3n) is 4.42. The highest BCUT2D eigenvalue weighted by Gasteiger charge is 2.46. The molecule has 118 valence electrons. The summed E-state index contributed by atoms with van der Waals surface area (Å²) >= 11 is 0. The quantitative estimate of drug-likeness (QED) is 0.896. The van der Waals surface area contributed by atoms with Gasteiger partial charge in [-0.05, 0) is 25.8 Å². The first-order chi connectivity index (χ1) is 10.3. The van der Waals surface area contributed by atoms with Crippen molar-refractivity contribution < 1.29 is 13.2 Å². The van der Waals surface area contributed by atoms with Crippen LogP contribution in [-0.2, 0) is 9.84 Å². The van der Waals surface area contributed by atoms with Crippen LogP contribution in [0.5, 0.6) is 0 Å². The number of aromatic nitrogens is 3. The molecule has 0 spiro atoms. The third kappa shape index (κ3) is 2.27. The number of hydrogen-bond acceptors (Lipinski definition) is 5. The van der Waals surface area contributed by atoms with Crippen molar-refractivity contribution in [2.75, 3.05) is 12.8 Å². The number of amides is 1. The van der Waals surface area contributed by atoms with Crippen molar-refractivity contribution in [1.29, 1.82) is 0 Å². The maximum Gasteiger partial charge on any atom is 0.257 e. The molecule has 1 fully saturated rings. The first-order valence-corrected chi connectivity index (χ1v) is 9.01. The first-order valence-electron chi connectivity index (χ1n) is 7.12. The second-order valence-electron chi connectivity index (χ2n) is 5.84. The maximum absolute atomic E-state index is 12.5. The Bertz CT molecular complexity index is 837. The monoisotopic (exact) mass is 322 g/mol. The van der Waals surface area contributed by atoms with Crippen molar-refractivity contribution in [3.8, 4) is 0 Å². The molecule has 2 aromatic heterocycles. The van der Waals surface area contributed by atoms with E-state index in [4.69, 9.17) is 0 Å². The lowest BCUT2D eigenvalue weighted by Crippen LogP contribution is -2.53. The van der Waals surface area contributed by atoms with Crippen molar-refractivity contribution >= 4 is 21.4 Å². The zero-order valence-corrected chi connectivity index (χ0v) is 13.4. The van der Waals surface area contributed by atoms with Gasteiger partial charge in [0.1, 0.15) is 5.56 Å². The number of aryl methyl sites for hydroxylation is 1. The minimum atomic E-state index is -3.20. The normalized spacial score (nSPS) is 17.2. The summed E-state index contributed by atoms with van der Waals surface area (Å²) in [6.07, 6.45) is 6.62. The van der Waals surface area contributed by atoms with Gasteiger partial charge in [0.25, 0.3) is 5.91 Å². The van der Waals surface area contributed by atoms with Crippen molar-refractivity contribution in [1.82, 2.24) is 19.9 Å². The Morgan fingerprint density at radius 1 is 1.45 bits per heavy atom. The zero-order valence-electron chi connectivity index (χ0n) is 12.5. The Kier molecular flexibility index (Phi) is 3.43. The highest BCUT2D eigenvalue weighted by Crippen LogP contribution is 2.38. The highest BCUT2D eigenvalue weighted by molar-refractivity contribution is 7.92. The summed E-state index contributed by atoms with van der Waals surface area (Å²) in [7, 11) is -3.20. The molecule has 1 amide bonds. The highest BCUT2D eigenvalue weighted by atomic mass is 32.2. The molecule has 1 N–H and O–H groups in total. The molecule has 0 saturated heterocycles. The van der Waals surface area contributed by atoms with E-state index in [9.17, 15) is 13.2 Å². The van der Waals surface area contributed by atoms with E-state index in [0.29, 0.717) is 29.7 Å². The van der Waals surface area contributed by atoms with E-state index in [0.717, 1.165) is 6.42 Å². The lowest BCUT2D eigenvalue weighted by Gasteiger charge is -2.39. The SMILES string of the molecule is Cc1nn2cccnc2c1C(=O)NCC1(S(C)(=O)=O)CCC1. The standard InChI is InChI=1S/C14H18N4O3S/c1-10-11(12-15-7-4-8-18(12)17-10)13(19)16-9-14(5-3-6-14)22(2,20)21/h4,7-8H,3,5-6,9H2,1-2H3,(H,16,19). The molecule has 1 saturated carbocycles. The van der Waals surface area contributed by atoms with Gasteiger partial charge in [0.05, 0.1) is 10.4 Å². The fourth-order valence-electron chi connectivity index (χ4n) is 2.84. The van der Waals surface area contributed by atoms with E-state index in [-0.39, 0.29) is 12.5 Å². The molecule has 2 heterocycles. The van der Waals surface area contributed by atoms with E-state index in [1.54, 1.807) is 29.9 Å². The lowest BCUT2D eigenvalue weighted by atomic mass is 9.84. The third-order valence-corrected chi connectivity index (χ3v) is 6.55. The van der Waals surface area contributed by atoms with Gasteiger partial charge < -0.3 is 5.32 Å². The number of sulfone groups is 1. The van der Waals surface area contributed by atoms with Crippen molar-refractivity contribution in [2.24, 2.45) is 0 Å². The molecule has 7 nitrogen and oxygen atoms in total. The molecule has 8 heteroatoms. The topological polar surface area (TPSA) is 93.4 Å². The summed E-state index contributed by atoms with van der Waals surface area (Å²) in [5.74, 6) is -0.332. The Balaban J connectivity index is 1.84. The van der Waals surface area contributed by atoms with Gasteiger partial charge in [0.15, 0.2) is 15.5 Å². The predicted molar refractivity (Wildman–Crippen MR) is 81.5 cm³/mol. The van der Waals surface area contributed by atoms with Gasteiger partial charge in [-0.3, -0.25) is 4.79 Å². The summed E-state index contributed by atoms with van der Waals surface area (Å²) < 4.78 is 24.6. The maximum atomic E-state index is 12.5. The van der Waals surface area contributed by atoms with Crippen LogP contribution in [0.3, 0.4) is 0 Å². The van der Waals surface area contributed by atoms with Gasteiger partial charge in [0.2, 0.25) is 0 Å². The van der Waals surface area contributed by atoms with Crippen LogP contribution in [0, 0.1) is 6.92 Å². The Morgan fingerprint density at radius 2 is 2.18 bits per heavy atom. The Hall–Kier alpha value is -1.96. The molecule has 2 aromatic rings. The fraction of sp³-hybridized carbons (Fsp3) is 0.500. The summed E-state index contributed by atoms with van der Waals surface area (Å²) in [4.78, 5) is 16.6. The largest absolute Gasteiger partial charge is 0.350 e. The van der Waals surface area contributed by atoms with Gasteiger partial charge in [0, 0.05) is 25.2 Å². The average molecular weight is 322 g/mol. The molecule has 0 radical (unpaired) electrons. The number of carbonyl (C=O) groups is 1. The van der Waals surface area contributed by atoms with Crippen molar-refractivity contribution in [3.05, 3.63) is 29.7 Å². The number of nitrogens with zero attached hydrogens (tertiary/aromatic N) is 3. The summed E-state index contributed by atoms with van der Waals surface area (Å²) in [6, 6.07) is 1.73. The molecule has 0 unspecified atom stereocenters. The van der Waals surface area contributed by atoms with Gasteiger partial charge in [-0.2, -0.15) is 5.10 Å². The number of fused-ring (bicyclic) bond motifs is 1. The van der Waals surface area contributed by atoms with Gasteiger partial charge in [-0.25, -0.2) is 17.9 Å². The second kappa shape index (κ2) is 5.05. The van der Waals surface area contributed by atoms with Crippen LogP contribution < -0.4 is 5.32 Å². The fourth-order valence-corrected chi connectivity index (χ4v) is 4.21. The van der Waals surface area contributed by atoms with Gasteiger partial charge >= 0.3 is 0 Å². The molecule has 3 rings (SSSR count). The molecular weight excluding hydrogens is 304 g/mol. The van der Waals surface area contributed by atoms with Crippen LogP contribution >= 0.6 is 0 Å². The van der Waals surface area contributed by atoms with E-state index >= 15 is 0 Å². The van der Waals surface area contributed by atoms with Crippen LogP contribution in [0.15, 0.2) is 18.5 Å². The molecule has 1 aliphatic carbocycles. The molecule has 0 aliphatic heterocycles. The smallest absolute Gasteiger partial charge is 0.257 e. The Labute approximate surface area is 128 Å². The zero-order chi connectivity index (χ0) is 16.0. The number of nitrogens with one attached hydrogen (secondary N) is 1. The van der Waals surface area contributed by atoms with E-state index < -0.39 is 14.6 Å². The molecule has 22 heavy (non-hydrogen) atoms. The molecule has 0 aromatic carbocycles. The molecular formula is C14H18N4O3S. The van der Waals surface area contributed by atoms with E-state index in [1.807, 2.05) is 0 Å². The van der Waals surface area contributed by atoms with Crippen LogP contribution in [0.2, 0.25) is 0 Å². The van der Waals surface area contributed by atoms with Gasteiger partial charge in [-0.15, -0.1) is 0 Å². The Morgan fingerprint density at radius 3 is 2.77 bits per heavy atom. The van der Waals surface area contributed by atoms with E-state index in [2.05, 4.69) is 15.4 Å². The van der Waals surface area contributed by atoms with Crippen LogP contribution in [-0.4, -0.2) is 46.5 Å². The first kappa shape index (κ1) is 15.0. The molecule has 0 bridgehead atoms. The van der Waals surface area contributed by atoms with Crippen LogP contribution in [0.4, 0.5) is 0 Å². The summed E-state index contributed by atoms with van der Waals surface area (Å²) in [5, 5.41) is 6.99. The lowest BCUT2D eigenvalue weighted by molar-refractivity contribution is 0.0944. The molecule has 0 atom stereocenters. The second-order valence-corrected chi connectivity index (χ2v) is 8.25. The number of hydrogen-bond donors (Lipinski definition) is 1. The van der Waals surface area contributed by atoms with Crippen LogP contribution in [0.1, 0.15) is 35.3 Å². The van der Waals surface area contributed by atoms with Crippen molar-refractivity contribution in [3.63, 3.8) is 0 Å². The summed E-state index contributed by atoms with van der Waals surface area (Å²) in [6.45, 7) is 1.87. The summed E-state index contributed by atoms with van der Waals surface area (Å²) in [5.41, 5.74) is 1.43. The minimum Gasteiger partial charge on any atom is -0.350 e. The van der Waals surface area contributed by atoms with E-state index in [1.165, 1.54) is 6.26 Å². The predicted octanol–water partition coefficient (Wildman–Crippen LogP) is 0.735. The molecule has 1 aliphatic rings. The van der Waals surface area contributed by atoms with Crippen molar-refractivity contribution in [2.45, 2.75) is 30.9 Å². The minimum absolute atomic E-state index is 0.133. The number of carbonyl (C=O) groups excluding carboxylic acids is 1. The average Bonchev–Trinajstić information content (AvgIpc) is 2.71. The van der Waals surface area contributed by atoms with Gasteiger partial charge in [-0.1, -0.05) is 6.42 Å². The van der Waals surface area contributed by atoms with Crippen LogP contribution in [0.25, 0.3) is 5.65 Å².